The van der Waals surface area contributed by atoms with Gasteiger partial charge in [0.1, 0.15) is 17.5 Å². The largest absolute Gasteiger partial charge is 0.506 e. The van der Waals surface area contributed by atoms with E-state index in [9.17, 15) is 34.5 Å². The summed E-state index contributed by atoms with van der Waals surface area (Å²) in [6, 6.07) is 1.79. The van der Waals surface area contributed by atoms with Gasteiger partial charge in [0, 0.05) is 28.4 Å². The second-order valence-electron chi connectivity index (χ2n) is 12.8. The van der Waals surface area contributed by atoms with Crippen LogP contribution in [0.4, 0.5) is 0 Å². The van der Waals surface area contributed by atoms with Crippen LogP contribution in [0.5, 0.6) is 5.75 Å². The molecule has 0 spiro atoms. The lowest BCUT2D eigenvalue weighted by molar-refractivity contribution is -0.183. The van der Waals surface area contributed by atoms with Crippen LogP contribution in [0, 0.1) is 28.6 Å². The fraction of sp³-hybridized carbons (Fsp3) is 0.576. The number of aliphatic hydroxyl groups excluding tert-OH is 1. The maximum absolute atomic E-state index is 14.3. The summed E-state index contributed by atoms with van der Waals surface area (Å²) in [4.78, 5) is 53.0. The number of aliphatic hydroxyl groups is 2. The number of hydrogen-bond acceptors (Lipinski definition) is 8. The van der Waals surface area contributed by atoms with Crippen LogP contribution in [0.2, 0.25) is 0 Å². The molecule has 0 heterocycles. The van der Waals surface area contributed by atoms with Gasteiger partial charge in [-0.05, 0) is 67.7 Å². The minimum absolute atomic E-state index is 0.0227. The number of Topliss-reactive ketones (excluding diaryl/α,β-unsaturated/α-hetero) is 4. The number of hydrogen-bond donors (Lipinski definition) is 3. The number of aromatic hydroxyl groups is 1. The van der Waals surface area contributed by atoms with Crippen molar-refractivity contribution >= 4 is 28.7 Å². The van der Waals surface area contributed by atoms with Gasteiger partial charge in [-0.1, -0.05) is 47.0 Å². The Labute approximate surface area is 241 Å². The predicted molar refractivity (Wildman–Crippen MR) is 152 cm³/mol. The molecule has 2 saturated carbocycles. The number of ether oxygens (including phenoxy) is 1. The molecule has 4 rings (SSSR count). The lowest BCUT2D eigenvalue weighted by Crippen LogP contribution is -2.71. The first kappa shape index (κ1) is 30.8. The number of phenols is 1. The minimum Gasteiger partial charge on any atom is -0.506 e. The summed E-state index contributed by atoms with van der Waals surface area (Å²) in [7, 11) is 0. The minimum atomic E-state index is -2.54. The van der Waals surface area contributed by atoms with E-state index in [0.29, 0.717) is 24.2 Å². The number of allylic oxidation sites excluding steroid dienone is 1. The second-order valence-corrected chi connectivity index (χ2v) is 12.8. The number of phenolic OH excluding ortho intramolecular Hbond substituents is 1. The van der Waals surface area contributed by atoms with E-state index in [4.69, 9.17) is 4.74 Å². The molecule has 3 aliphatic rings. The topological polar surface area (TPSA) is 138 Å². The third-order valence-electron chi connectivity index (χ3n) is 9.21. The predicted octanol–water partition coefficient (Wildman–Crippen LogP) is 3.80. The first-order valence-electron chi connectivity index (χ1n) is 14.3. The van der Waals surface area contributed by atoms with Crippen LogP contribution in [0.15, 0.2) is 11.6 Å². The molecule has 0 radical (unpaired) electrons. The highest BCUT2D eigenvalue weighted by atomic mass is 16.6. The summed E-state index contributed by atoms with van der Waals surface area (Å²) in [5.74, 6) is 0.488. The van der Waals surface area contributed by atoms with Gasteiger partial charge in [-0.15, -0.1) is 0 Å². The van der Waals surface area contributed by atoms with E-state index in [1.165, 1.54) is 0 Å². The van der Waals surface area contributed by atoms with E-state index in [1.807, 2.05) is 27.7 Å². The Hall–Kier alpha value is -3.12. The Balaban J connectivity index is 1.91. The zero-order valence-corrected chi connectivity index (χ0v) is 24.9. The SMILES string of the molecule is CCCCOC(O)C#Cc1cc(C(C)C)c2c(c1O)C(C)=C1C(=O)C3(O)C(=O)C(C(C)=O)C(=O)CC3(C)CC1(C)C2. The maximum atomic E-state index is 14.3. The molecule has 8 heteroatoms. The zero-order chi connectivity index (χ0) is 30.7. The first-order valence-corrected chi connectivity index (χ1v) is 14.3. The molecular formula is C33H40O8. The number of ketones is 4. The van der Waals surface area contributed by atoms with Crippen molar-refractivity contribution in [3.05, 3.63) is 33.9 Å². The molecule has 0 aromatic heterocycles. The maximum Gasteiger partial charge on any atom is 0.220 e. The molecule has 1 aromatic rings. The lowest BCUT2D eigenvalue weighted by Gasteiger charge is -2.57. The van der Waals surface area contributed by atoms with Gasteiger partial charge in [0.2, 0.25) is 6.29 Å². The van der Waals surface area contributed by atoms with E-state index in [1.54, 1.807) is 19.9 Å². The smallest absolute Gasteiger partial charge is 0.220 e. The van der Waals surface area contributed by atoms with E-state index >= 15 is 0 Å². The standard InChI is InChI=1S/C33H40O8/c1-8-9-12-41-24(36)11-10-20-13-21(17(2)3)22-14-31(6)16-32(7)15-23(35)26(19(5)34)29(38)33(32,40)30(39)27(31)18(4)25(22)28(20)37/h13,17,24,26,36-37,40H,8-9,12,14-16H2,1-7H3. The first-order chi connectivity index (χ1) is 19.0. The van der Waals surface area contributed by atoms with E-state index < -0.39 is 51.8 Å². The van der Waals surface area contributed by atoms with Crippen LogP contribution < -0.4 is 0 Å². The molecule has 3 N–H and O–H groups in total. The summed E-state index contributed by atoms with van der Waals surface area (Å²) in [5, 5.41) is 33.5. The van der Waals surface area contributed by atoms with Crippen LogP contribution >= 0.6 is 0 Å². The highest BCUT2D eigenvalue weighted by molar-refractivity contribution is 6.32. The average molecular weight is 565 g/mol. The molecule has 1 aromatic carbocycles. The van der Waals surface area contributed by atoms with Gasteiger partial charge in [0.05, 0.1) is 12.2 Å². The summed E-state index contributed by atoms with van der Waals surface area (Å²) in [6.45, 7) is 12.6. The van der Waals surface area contributed by atoms with Crippen molar-refractivity contribution in [3.63, 3.8) is 0 Å². The van der Waals surface area contributed by atoms with Gasteiger partial charge in [0.25, 0.3) is 0 Å². The van der Waals surface area contributed by atoms with Gasteiger partial charge < -0.3 is 20.1 Å². The number of fused-ring (bicyclic) bond motifs is 3. The third-order valence-corrected chi connectivity index (χ3v) is 9.21. The van der Waals surface area contributed by atoms with Crippen molar-refractivity contribution in [1.82, 2.24) is 0 Å². The fourth-order valence-corrected chi connectivity index (χ4v) is 7.41. The van der Waals surface area contributed by atoms with Crippen molar-refractivity contribution in [2.45, 2.75) is 98.4 Å². The van der Waals surface area contributed by atoms with Crippen LogP contribution in [0.1, 0.15) is 102 Å². The Bertz CT molecular complexity index is 1440. The van der Waals surface area contributed by atoms with E-state index in [-0.39, 0.29) is 35.6 Å². The van der Waals surface area contributed by atoms with Crippen LogP contribution in [0.3, 0.4) is 0 Å². The van der Waals surface area contributed by atoms with Gasteiger partial charge in [0.15, 0.2) is 23.0 Å². The summed E-state index contributed by atoms with van der Waals surface area (Å²) in [6.07, 6.45) is 0.582. The summed E-state index contributed by atoms with van der Waals surface area (Å²) in [5.41, 5.74) is -1.72. The molecule has 8 nitrogen and oxygen atoms in total. The molecule has 0 saturated heterocycles. The number of unbranched alkanes of at least 4 members (excludes halogenated alkanes) is 1. The quantitative estimate of drug-likeness (QED) is 0.205. The van der Waals surface area contributed by atoms with E-state index in [0.717, 1.165) is 30.9 Å². The number of carbonyl (C=O) groups excluding carboxylic acids is 4. The van der Waals surface area contributed by atoms with Crippen molar-refractivity contribution in [2.75, 3.05) is 6.61 Å². The van der Waals surface area contributed by atoms with Crippen LogP contribution in [0.25, 0.3) is 5.57 Å². The average Bonchev–Trinajstić information content (AvgIpc) is 2.85. The summed E-state index contributed by atoms with van der Waals surface area (Å²) >= 11 is 0. The molecule has 220 valence electrons. The molecule has 41 heavy (non-hydrogen) atoms. The van der Waals surface area contributed by atoms with Crippen molar-refractivity contribution in [1.29, 1.82) is 0 Å². The highest BCUT2D eigenvalue weighted by Crippen LogP contribution is 2.62. The number of benzene rings is 1. The second kappa shape index (κ2) is 10.6. The summed E-state index contributed by atoms with van der Waals surface area (Å²) < 4.78 is 5.31. The van der Waals surface area contributed by atoms with Gasteiger partial charge in [-0.25, -0.2) is 0 Å². The van der Waals surface area contributed by atoms with Gasteiger partial charge in [-0.2, -0.15) is 0 Å². The molecule has 0 aliphatic heterocycles. The number of carbonyl (C=O) groups is 4. The van der Waals surface area contributed by atoms with Crippen molar-refractivity contribution < 1.29 is 39.2 Å². The van der Waals surface area contributed by atoms with Crippen LogP contribution in [-0.4, -0.2) is 57.0 Å². The molecule has 2 fully saturated rings. The lowest BCUT2D eigenvalue weighted by atomic mass is 9.45. The fourth-order valence-electron chi connectivity index (χ4n) is 7.41. The molecule has 5 atom stereocenters. The Morgan fingerprint density at radius 3 is 2.44 bits per heavy atom. The van der Waals surface area contributed by atoms with Gasteiger partial charge in [-0.3, -0.25) is 19.2 Å². The normalized spacial score (nSPS) is 29.9. The number of rotatable bonds is 6. The Morgan fingerprint density at radius 1 is 1.20 bits per heavy atom. The molecular weight excluding hydrogens is 524 g/mol. The van der Waals surface area contributed by atoms with E-state index in [2.05, 4.69) is 11.8 Å². The highest BCUT2D eigenvalue weighted by Gasteiger charge is 2.71. The van der Waals surface area contributed by atoms with Gasteiger partial charge >= 0.3 is 0 Å². The third kappa shape index (κ3) is 4.68. The molecule has 5 unspecified atom stereocenters. The molecule has 0 amide bonds. The monoisotopic (exact) mass is 564 g/mol. The van der Waals surface area contributed by atoms with Crippen molar-refractivity contribution in [2.24, 2.45) is 16.7 Å². The molecule has 3 aliphatic carbocycles. The Kier molecular flexibility index (Phi) is 7.98. The van der Waals surface area contributed by atoms with Crippen LogP contribution in [-0.2, 0) is 30.3 Å². The zero-order valence-electron chi connectivity index (χ0n) is 24.9. The Morgan fingerprint density at radius 2 is 1.85 bits per heavy atom. The van der Waals surface area contributed by atoms with Crippen molar-refractivity contribution in [3.8, 4) is 17.6 Å². The molecule has 0 bridgehead atoms.